The normalized spacial score (nSPS) is 54.1. The van der Waals surface area contributed by atoms with Crippen LogP contribution in [0.25, 0.3) is 0 Å². The summed E-state index contributed by atoms with van der Waals surface area (Å²) in [6, 6.07) is 0. The molecule has 1 spiro atoms. The Kier molecular flexibility index (Phi) is 10.6. The average molecular weight is 861 g/mol. The molecule has 0 radical (unpaired) electrons. The van der Waals surface area contributed by atoms with Crippen LogP contribution < -0.4 is 0 Å². The van der Waals surface area contributed by atoms with Gasteiger partial charge in [0.1, 0.15) is 53.7 Å². The van der Waals surface area contributed by atoms with Crippen molar-refractivity contribution in [2.45, 2.75) is 197 Å². The van der Waals surface area contributed by atoms with Crippen LogP contribution in [0, 0.1) is 33.5 Å². The molecule has 0 aromatic heterocycles. The minimum Gasteiger partial charge on any atom is -0.453 e. The van der Waals surface area contributed by atoms with Crippen LogP contribution in [0.3, 0.4) is 0 Å². The van der Waals surface area contributed by atoms with Gasteiger partial charge in [-0.3, -0.25) is 9.35 Å². The third kappa shape index (κ3) is 6.16. The van der Waals surface area contributed by atoms with Crippen LogP contribution in [0.2, 0.25) is 0 Å². The Bertz CT molecular complexity index is 1820. The minimum atomic E-state index is -5.04. The molecule has 0 aromatic carbocycles. The smallest absolute Gasteiger partial charge is 0.397 e. The van der Waals surface area contributed by atoms with E-state index in [0.717, 1.165) is 18.4 Å². The quantitative estimate of drug-likeness (QED) is 0.0827. The van der Waals surface area contributed by atoms with E-state index in [2.05, 4.69) is 25.0 Å². The van der Waals surface area contributed by atoms with Gasteiger partial charge in [-0.1, -0.05) is 39.3 Å². The standard InChI is InChI=1S/C41H64O17S/c1-19-27(43)29(45)30(46)32(53-19)55-31-28(44)22(58-59(49,50)51)18-52-33(31)54-25-12-14-37(6)21-17-24(42)41-34(47)57-39(8,26-11-13-35(2,3)56-26)40(41,48)16-15-38(41,7)20(21)9-10-23(37)36(25,4)5/h17,19-20,22-33,42-46,48H,9-16,18H2,1-8H3,(H,49,50,51)/t19-,20?,22-,23?,24?,25+,26+,27-,28+,29+,30-,31-,32+,33+,37-,38?,39-,40+,41?/m1/s1. The number of carbonyl (C=O) groups excluding carboxylic acids is 1. The Labute approximate surface area is 345 Å². The lowest BCUT2D eigenvalue weighted by molar-refractivity contribution is -0.362. The summed E-state index contributed by atoms with van der Waals surface area (Å²) in [5.41, 5.74) is -5.89. The molecule has 4 aliphatic carbocycles. The number of ether oxygens (including phenoxy) is 6. The zero-order valence-electron chi connectivity index (χ0n) is 35.1. The van der Waals surface area contributed by atoms with Crippen molar-refractivity contribution in [1.82, 2.24) is 0 Å². The number of rotatable bonds is 7. The first kappa shape index (κ1) is 44.3. The van der Waals surface area contributed by atoms with Crippen molar-refractivity contribution in [2.75, 3.05) is 6.61 Å². The second kappa shape index (κ2) is 14.1. The predicted molar refractivity (Wildman–Crippen MR) is 203 cm³/mol. The molecule has 8 aliphatic rings. The maximum absolute atomic E-state index is 14.5. The number of allylic oxidation sites excluding steroid dienone is 1. The van der Waals surface area contributed by atoms with Crippen LogP contribution in [0.15, 0.2) is 11.6 Å². The van der Waals surface area contributed by atoms with Gasteiger partial charge in [-0.05, 0) is 107 Å². The number of aliphatic hydroxyl groups is 6. The lowest BCUT2D eigenvalue weighted by Gasteiger charge is -2.64. The Hall–Kier alpha value is -1.36. The summed E-state index contributed by atoms with van der Waals surface area (Å²) >= 11 is 0. The monoisotopic (exact) mass is 860 g/mol. The van der Waals surface area contributed by atoms with Crippen molar-refractivity contribution in [3.05, 3.63) is 11.6 Å². The van der Waals surface area contributed by atoms with Crippen molar-refractivity contribution < 1.29 is 81.0 Å². The molecule has 8 rings (SSSR count). The van der Waals surface area contributed by atoms with Crippen LogP contribution >= 0.6 is 0 Å². The molecule has 4 aliphatic heterocycles. The van der Waals surface area contributed by atoms with Gasteiger partial charge in [0, 0.05) is 0 Å². The van der Waals surface area contributed by atoms with Crippen LogP contribution in [-0.2, 0) is 47.8 Å². The van der Waals surface area contributed by atoms with Gasteiger partial charge in [-0.2, -0.15) is 8.42 Å². The largest absolute Gasteiger partial charge is 0.453 e. The molecule has 3 saturated carbocycles. The lowest BCUT2D eigenvalue weighted by Crippen LogP contribution is -2.69. The van der Waals surface area contributed by atoms with Gasteiger partial charge in [0.2, 0.25) is 0 Å². The summed E-state index contributed by atoms with van der Waals surface area (Å²) in [4.78, 5) is 14.5. The molecule has 19 atom stereocenters. The van der Waals surface area contributed by atoms with Crippen molar-refractivity contribution in [3.8, 4) is 0 Å². The molecule has 0 bridgehead atoms. The van der Waals surface area contributed by atoms with E-state index in [0.29, 0.717) is 32.1 Å². The summed E-state index contributed by atoms with van der Waals surface area (Å²) in [5, 5.41) is 68.2. The first-order valence-electron chi connectivity index (χ1n) is 21.2. The maximum atomic E-state index is 14.5. The van der Waals surface area contributed by atoms with Crippen LogP contribution in [-0.4, -0.2) is 147 Å². The molecule has 18 heteroatoms. The fourth-order valence-corrected chi connectivity index (χ4v) is 14.2. The molecule has 0 aromatic rings. The molecule has 59 heavy (non-hydrogen) atoms. The molecule has 4 saturated heterocycles. The average Bonchev–Trinajstić information content (AvgIpc) is 3.70. The predicted octanol–water partition coefficient (Wildman–Crippen LogP) is 1.43. The van der Waals surface area contributed by atoms with E-state index < -0.39 is 135 Å². The second-order valence-corrected chi connectivity index (χ2v) is 21.7. The first-order chi connectivity index (χ1) is 27.2. The van der Waals surface area contributed by atoms with Gasteiger partial charge in [0.15, 0.2) is 18.2 Å². The van der Waals surface area contributed by atoms with Crippen molar-refractivity contribution in [1.29, 1.82) is 0 Å². The summed E-state index contributed by atoms with van der Waals surface area (Å²) < 4.78 is 74.3. The molecule has 7 fully saturated rings. The molecule has 0 amide bonds. The van der Waals surface area contributed by atoms with Gasteiger partial charge in [-0.15, -0.1) is 0 Å². The van der Waals surface area contributed by atoms with Crippen LogP contribution in [0.5, 0.6) is 0 Å². The summed E-state index contributed by atoms with van der Waals surface area (Å²) in [6.45, 7) is 15.1. The highest BCUT2D eigenvalue weighted by atomic mass is 32.3. The topological polar surface area (TPSA) is 257 Å². The van der Waals surface area contributed by atoms with Gasteiger partial charge >= 0.3 is 16.4 Å². The summed E-state index contributed by atoms with van der Waals surface area (Å²) in [6.07, 6.45) is -9.75. The fourth-order valence-electron chi connectivity index (χ4n) is 13.7. The van der Waals surface area contributed by atoms with Crippen molar-refractivity contribution >= 4 is 16.4 Å². The number of aliphatic hydroxyl groups excluding tert-OH is 5. The number of cyclic esters (lactones) is 1. The molecule has 4 heterocycles. The van der Waals surface area contributed by atoms with E-state index in [1.807, 2.05) is 26.8 Å². The SMILES string of the molecule is C[C@H]1O[C@@H](O[C@H]2[C@H](O[C@H]3CC[C@]4(C)C5=CC(O)C67C(=O)O[C@](C)([C@@H]8CCC(C)(C)O8)[C@@]6(O)CCC7(C)C5CCC4C3(C)C)OC[C@@H](OS(=O)(=O)O)[C@@H]2O)[C@H](O)[C@@H](O)[C@@H]1O. The van der Waals surface area contributed by atoms with Crippen molar-refractivity contribution in [3.63, 3.8) is 0 Å². The highest BCUT2D eigenvalue weighted by Gasteiger charge is 2.87. The van der Waals surface area contributed by atoms with E-state index in [-0.39, 0.29) is 18.3 Å². The van der Waals surface area contributed by atoms with E-state index in [9.17, 15) is 48.4 Å². The zero-order valence-corrected chi connectivity index (χ0v) is 36.0. The van der Waals surface area contributed by atoms with Gasteiger partial charge in [-0.25, -0.2) is 4.18 Å². The number of esters is 1. The zero-order chi connectivity index (χ0) is 43.3. The van der Waals surface area contributed by atoms with E-state index >= 15 is 0 Å². The second-order valence-electron chi connectivity index (χ2n) is 20.7. The van der Waals surface area contributed by atoms with Gasteiger partial charge < -0.3 is 59.1 Å². The Balaban J connectivity index is 1.07. The van der Waals surface area contributed by atoms with Crippen LogP contribution in [0.1, 0.15) is 107 Å². The van der Waals surface area contributed by atoms with Gasteiger partial charge in [0.05, 0.1) is 30.5 Å². The number of fused-ring (bicyclic) bond motifs is 4. The summed E-state index contributed by atoms with van der Waals surface area (Å²) in [5.74, 6) is -0.746. The van der Waals surface area contributed by atoms with E-state index in [1.165, 1.54) is 6.92 Å². The Morgan fingerprint density at radius 2 is 1.51 bits per heavy atom. The van der Waals surface area contributed by atoms with Gasteiger partial charge in [0.25, 0.3) is 0 Å². The van der Waals surface area contributed by atoms with E-state index in [4.69, 9.17) is 28.4 Å². The Morgan fingerprint density at radius 3 is 2.15 bits per heavy atom. The third-order valence-corrected chi connectivity index (χ3v) is 17.4. The number of carbonyl (C=O) groups is 1. The lowest BCUT2D eigenvalue weighted by atomic mass is 9.40. The fraction of sp³-hybridized carbons (Fsp3) is 0.927. The minimum absolute atomic E-state index is 0.0271. The molecule has 5 unspecified atom stereocenters. The summed E-state index contributed by atoms with van der Waals surface area (Å²) in [7, 11) is -5.04. The van der Waals surface area contributed by atoms with E-state index in [1.54, 1.807) is 6.92 Å². The molecule has 336 valence electrons. The first-order valence-corrected chi connectivity index (χ1v) is 22.5. The highest BCUT2D eigenvalue weighted by molar-refractivity contribution is 7.80. The highest BCUT2D eigenvalue weighted by Crippen LogP contribution is 2.77. The molecular formula is C41H64O17S. The van der Waals surface area contributed by atoms with Crippen LogP contribution in [0.4, 0.5) is 0 Å². The number of hydrogen-bond donors (Lipinski definition) is 7. The number of hydrogen-bond acceptors (Lipinski definition) is 16. The van der Waals surface area contributed by atoms with Crippen molar-refractivity contribution in [2.24, 2.45) is 33.5 Å². The molecule has 17 nitrogen and oxygen atoms in total. The molecule has 7 N–H and O–H groups in total. The molecular weight excluding hydrogens is 797 g/mol. The Morgan fingerprint density at radius 1 is 0.814 bits per heavy atom. The third-order valence-electron chi connectivity index (χ3n) is 16.9. The maximum Gasteiger partial charge on any atom is 0.397 e.